The first-order valence-electron chi connectivity index (χ1n) is 27.5. The molecule has 436 valence electrons. The van der Waals surface area contributed by atoms with Crippen LogP contribution in [0.15, 0.2) is 71.9 Å². The van der Waals surface area contributed by atoms with Crippen LogP contribution < -0.4 is 0 Å². The highest BCUT2D eigenvalue weighted by atomic mass is 32.1. The number of hydrogen-bond donors (Lipinski definition) is 0. The van der Waals surface area contributed by atoms with Crippen LogP contribution in [-0.2, 0) is 83.0 Å². The topological polar surface area (TPSA) is 212 Å². The van der Waals surface area contributed by atoms with Gasteiger partial charge in [0.05, 0.1) is 11.0 Å². The predicted octanol–water partition coefficient (Wildman–Crippen LogP) is 7.76. The van der Waals surface area contributed by atoms with Crippen molar-refractivity contribution in [3.05, 3.63) is 104 Å². The van der Waals surface area contributed by atoms with Crippen LogP contribution in [0.25, 0.3) is 0 Å². The quantitative estimate of drug-likeness (QED) is 0.0775. The molecule has 1 aliphatic rings. The van der Waals surface area contributed by atoms with Crippen LogP contribution in [0.2, 0.25) is 0 Å². The van der Waals surface area contributed by atoms with E-state index in [-0.39, 0.29) is 62.2 Å². The maximum Gasteiger partial charge on any atom is 0.329 e. The molecule has 0 saturated carbocycles. The van der Waals surface area contributed by atoms with Gasteiger partial charge in [-0.2, -0.15) is 0 Å². The van der Waals surface area contributed by atoms with Gasteiger partial charge in [-0.1, -0.05) is 104 Å². The number of aromatic nitrogens is 2. The van der Waals surface area contributed by atoms with Crippen LogP contribution >= 0.6 is 22.7 Å². The average Bonchev–Trinajstić information content (AvgIpc) is 4.14. The third-order valence-electron chi connectivity index (χ3n) is 14.1. The SMILES string of the molecule is CC(C)C[C@H]1C(=O)O[C@H](Cc2ccc(Cc3cncs3)cc2)C(=O)N(C)[C@@H](CC(C)C)C(=O)O[C@H](C)C(=O)N(C)[C@@H](CC(C)C)C(=O)O[C@H](Cc2ccc(Cc3cncs3)cc2)C(=O)N(C)[C@@H](CC(C)C)C(=O)O[C@H](C)C(=O)N1C. The fraction of sp³-hybridized carbons (Fsp3) is 0.567. The van der Waals surface area contributed by atoms with Gasteiger partial charge < -0.3 is 38.5 Å². The Morgan fingerprint density at radius 2 is 0.675 bits per heavy atom. The normalized spacial score (nSPS) is 23.2. The molecule has 4 amide bonds. The molecule has 18 nitrogen and oxygen atoms in total. The average molecular weight is 1140 g/mol. The highest BCUT2D eigenvalue weighted by Gasteiger charge is 2.43. The smallest absolute Gasteiger partial charge is 0.329 e. The molecule has 4 aromatic rings. The lowest BCUT2D eigenvalue weighted by Crippen LogP contribution is -2.55. The minimum absolute atomic E-state index is 0.0909. The summed E-state index contributed by atoms with van der Waals surface area (Å²) >= 11 is 3.05. The summed E-state index contributed by atoms with van der Waals surface area (Å²) in [7, 11) is 5.60. The van der Waals surface area contributed by atoms with Crippen LogP contribution in [0.1, 0.15) is 127 Å². The molecular formula is C60H82N6O12S2. The summed E-state index contributed by atoms with van der Waals surface area (Å²) in [4.78, 5) is 132. The number of likely N-dealkylation sites (N-methyl/N-ethyl adjacent to an activating group) is 4. The molecule has 0 radical (unpaired) electrons. The number of ether oxygens (including phenoxy) is 4. The lowest BCUT2D eigenvalue weighted by atomic mass is 9.99. The highest BCUT2D eigenvalue weighted by Crippen LogP contribution is 2.25. The zero-order valence-corrected chi connectivity index (χ0v) is 50.5. The molecule has 0 unspecified atom stereocenters. The lowest BCUT2D eigenvalue weighted by molar-refractivity contribution is -0.176. The predicted molar refractivity (Wildman–Crippen MR) is 305 cm³/mol. The van der Waals surface area contributed by atoms with E-state index in [1.807, 2.05) is 104 Å². The van der Waals surface area contributed by atoms with Crippen LogP contribution in [0.5, 0.6) is 0 Å². The van der Waals surface area contributed by atoms with Crippen LogP contribution in [-0.4, -0.2) is 154 Å². The van der Waals surface area contributed by atoms with E-state index >= 15 is 0 Å². The van der Waals surface area contributed by atoms with E-state index in [1.54, 1.807) is 23.4 Å². The van der Waals surface area contributed by atoms with Crippen molar-refractivity contribution in [2.45, 2.75) is 169 Å². The van der Waals surface area contributed by atoms with Crippen LogP contribution in [0.4, 0.5) is 0 Å². The molecule has 0 N–H and O–H groups in total. The molecule has 1 aliphatic heterocycles. The molecular weight excluding hydrogens is 1060 g/mol. The lowest BCUT2D eigenvalue weighted by Gasteiger charge is -2.35. The number of amides is 4. The summed E-state index contributed by atoms with van der Waals surface area (Å²) in [6, 6.07) is 9.85. The van der Waals surface area contributed by atoms with Crippen molar-refractivity contribution in [1.29, 1.82) is 0 Å². The van der Waals surface area contributed by atoms with Crippen molar-refractivity contribution >= 4 is 70.2 Å². The standard InChI is InChI=1S/C60H82N6O12S2/c1-35(2)23-47-57(71)75-39(9)53(67)63(11)50(26-38(7)8)60(74)78-52(30-44-21-17-42(18-22-44)28-46-32-62-34-80-46)56(70)66(14)48(24-36(3)4)58(72)76-40(10)54(68)64(12)49(25-37(5)6)59(73)77-51(55(69)65(47)13)29-43-19-15-41(16-20-43)27-45-31-61-33-79-45/h15-22,31-40,47-52H,23-30H2,1-14H3/t39-,40-,47+,48+,49+,50+,51-,52-/m1/s1. The van der Waals surface area contributed by atoms with Crippen molar-refractivity contribution in [2.24, 2.45) is 23.7 Å². The second kappa shape index (κ2) is 29.8. The summed E-state index contributed by atoms with van der Waals surface area (Å²) in [6.07, 6.45) is -0.994. The Balaban J connectivity index is 1.59. The number of carbonyl (C=O) groups excluding carboxylic acids is 8. The minimum Gasteiger partial charge on any atom is -0.451 e. The van der Waals surface area contributed by atoms with E-state index in [2.05, 4.69) is 9.97 Å². The number of carbonyl (C=O) groups is 8. The number of benzene rings is 2. The van der Waals surface area contributed by atoms with E-state index < -0.39 is 96.1 Å². The number of thiazole rings is 2. The van der Waals surface area contributed by atoms with Crippen LogP contribution in [0.3, 0.4) is 0 Å². The molecule has 0 aliphatic carbocycles. The molecule has 2 aromatic heterocycles. The molecule has 1 fully saturated rings. The Morgan fingerprint density at radius 3 is 0.938 bits per heavy atom. The zero-order chi connectivity index (χ0) is 59.1. The summed E-state index contributed by atoms with van der Waals surface area (Å²) < 4.78 is 24.2. The molecule has 0 bridgehead atoms. The maximum absolute atomic E-state index is 15.0. The van der Waals surface area contributed by atoms with Gasteiger partial charge in [0, 0.05) is 76.0 Å². The molecule has 3 heterocycles. The maximum atomic E-state index is 15.0. The van der Waals surface area contributed by atoms with Crippen molar-refractivity contribution in [2.75, 3.05) is 28.2 Å². The summed E-state index contributed by atoms with van der Waals surface area (Å²) in [5.41, 5.74) is 6.76. The van der Waals surface area contributed by atoms with Gasteiger partial charge in [0.1, 0.15) is 24.2 Å². The number of rotatable bonds is 16. The highest BCUT2D eigenvalue weighted by molar-refractivity contribution is 7.09. The van der Waals surface area contributed by atoms with E-state index in [0.717, 1.165) is 30.7 Å². The molecule has 1 saturated heterocycles. The van der Waals surface area contributed by atoms with Crippen molar-refractivity contribution in [3.8, 4) is 0 Å². The Morgan fingerprint density at radius 1 is 0.412 bits per heavy atom. The van der Waals surface area contributed by atoms with Crippen LogP contribution in [0, 0.1) is 23.7 Å². The molecule has 5 rings (SSSR count). The van der Waals surface area contributed by atoms with Crippen molar-refractivity contribution in [1.82, 2.24) is 29.6 Å². The van der Waals surface area contributed by atoms with E-state index in [1.165, 1.54) is 74.5 Å². The van der Waals surface area contributed by atoms with Gasteiger partial charge in [-0.15, -0.1) is 22.7 Å². The van der Waals surface area contributed by atoms with E-state index in [9.17, 15) is 38.4 Å². The Hall–Kier alpha value is -6.54. The van der Waals surface area contributed by atoms with Gasteiger partial charge in [0.15, 0.2) is 24.4 Å². The van der Waals surface area contributed by atoms with E-state index in [0.29, 0.717) is 24.0 Å². The summed E-state index contributed by atoms with van der Waals surface area (Å²) in [5, 5.41) is 0. The Bertz CT molecular complexity index is 2500. The summed E-state index contributed by atoms with van der Waals surface area (Å²) in [6.45, 7) is 17.6. The Labute approximate surface area is 479 Å². The van der Waals surface area contributed by atoms with Crippen molar-refractivity contribution in [3.63, 3.8) is 0 Å². The van der Waals surface area contributed by atoms with Crippen molar-refractivity contribution < 1.29 is 57.3 Å². The van der Waals surface area contributed by atoms with Gasteiger partial charge in [0.2, 0.25) is 0 Å². The second-order valence-electron chi connectivity index (χ2n) is 22.7. The number of nitrogens with zero attached hydrogens (tertiary/aromatic N) is 6. The fourth-order valence-corrected chi connectivity index (χ4v) is 10.8. The van der Waals surface area contributed by atoms with Gasteiger partial charge in [-0.25, -0.2) is 19.2 Å². The van der Waals surface area contributed by atoms with Gasteiger partial charge in [-0.3, -0.25) is 29.1 Å². The second-order valence-corrected chi connectivity index (χ2v) is 24.7. The first-order chi connectivity index (χ1) is 37.7. The van der Waals surface area contributed by atoms with E-state index in [4.69, 9.17) is 18.9 Å². The zero-order valence-electron chi connectivity index (χ0n) is 48.9. The van der Waals surface area contributed by atoms with Gasteiger partial charge >= 0.3 is 23.9 Å². The monoisotopic (exact) mass is 1140 g/mol. The molecule has 2 aromatic carbocycles. The number of esters is 4. The first kappa shape index (κ1) is 64.3. The first-order valence-corrected chi connectivity index (χ1v) is 29.3. The molecule has 80 heavy (non-hydrogen) atoms. The largest absolute Gasteiger partial charge is 0.451 e. The minimum atomic E-state index is -1.52. The number of cyclic esters (lactones) is 4. The summed E-state index contributed by atoms with van der Waals surface area (Å²) in [5.74, 6) is -7.32. The van der Waals surface area contributed by atoms with Gasteiger partial charge in [-0.05, 0) is 85.5 Å². The fourth-order valence-electron chi connectivity index (χ4n) is 9.56. The third kappa shape index (κ3) is 18.2. The molecule has 0 spiro atoms. The van der Waals surface area contributed by atoms with Gasteiger partial charge in [0.25, 0.3) is 23.6 Å². The molecule has 8 atom stereocenters. The molecule has 20 heteroatoms. The third-order valence-corrected chi connectivity index (χ3v) is 15.6. The Kier molecular flexibility index (Phi) is 23.9. The number of hydrogen-bond acceptors (Lipinski definition) is 16.